The van der Waals surface area contributed by atoms with Crippen LogP contribution < -0.4 is 5.32 Å². The van der Waals surface area contributed by atoms with Gasteiger partial charge in [-0.25, -0.2) is 9.97 Å². The Kier molecular flexibility index (Phi) is 1.98. The molecule has 3 aromatic rings. The maximum atomic E-state index is 4.43. The molecular weight excluding hydrogens is 228 g/mol. The van der Waals surface area contributed by atoms with Crippen molar-refractivity contribution in [3.8, 4) is 0 Å². The molecule has 0 amide bonds. The summed E-state index contributed by atoms with van der Waals surface area (Å²) in [5.41, 5.74) is 4.19. The molecule has 1 aliphatic heterocycles. The van der Waals surface area contributed by atoms with Gasteiger partial charge in [0.2, 0.25) is 0 Å². The SMILES string of the molecule is c1cn2c(C3NCCc4[nH]cnc43)cncc2n1. The van der Waals surface area contributed by atoms with E-state index in [1.807, 2.05) is 12.4 Å². The van der Waals surface area contributed by atoms with Gasteiger partial charge in [0.25, 0.3) is 0 Å². The fourth-order valence-corrected chi connectivity index (χ4v) is 2.55. The van der Waals surface area contributed by atoms with Crippen molar-refractivity contribution in [1.29, 1.82) is 0 Å². The Morgan fingerprint density at radius 1 is 1.28 bits per heavy atom. The Labute approximate surface area is 103 Å². The molecule has 0 spiro atoms. The second-order valence-corrected chi connectivity index (χ2v) is 4.39. The Morgan fingerprint density at radius 3 is 3.28 bits per heavy atom. The molecule has 1 aliphatic rings. The van der Waals surface area contributed by atoms with Crippen LogP contribution >= 0.6 is 0 Å². The van der Waals surface area contributed by atoms with Crippen LogP contribution in [0.5, 0.6) is 0 Å². The van der Waals surface area contributed by atoms with E-state index in [0.717, 1.165) is 30.0 Å². The van der Waals surface area contributed by atoms with Gasteiger partial charge in [-0.1, -0.05) is 0 Å². The molecule has 4 heterocycles. The van der Waals surface area contributed by atoms with Gasteiger partial charge in [0.05, 0.1) is 30.0 Å². The summed E-state index contributed by atoms with van der Waals surface area (Å²) >= 11 is 0. The molecule has 18 heavy (non-hydrogen) atoms. The van der Waals surface area contributed by atoms with E-state index in [4.69, 9.17) is 0 Å². The molecule has 0 aliphatic carbocycles. The minimum atomic E-state index is 0.0744. The first-order chi connectivity index (χ1) is 8.93. The first-order valence-electron chi connectivity index (χ1n) is 5.96. The predicted molar refractivity (Wildman–Crippen MR) is 65.1 cm³/mol. The number of nitrogens with one attached hydrogen (secondary N) is 2. The lowest BCUT2D eigenvalue weighted by molar-refractivity contribution is 0.537. The molecular formula is C12H12N6. The van der Waals surface area contributed by atoms with E-state index in [1.165, 1.54) is 5.69 Å². The van der Waals surface area contributed by atoms with E-state index in [0.29, 0.717) is 0 Å². The van der Waals surface area contributed by atoms with Crippen LogP contribution in [0.3, 0.4) is 0 Å². The molecule has 0 radical (unpaired) electrons. The Balaban J connectivity index is 1.92. The summed E-state index contributed by atoms with van der Waals surface area (Å²) in [4.78, 5) is 16.1. The van der Waals surface area contributed by atoms with Crippen molar-refractivity contribution in [2.24, 2.45) is 0 Å². The molecule has 0 saturated carbocycles. The fourth-order valence-electron chi connectivity index (χ4n) is 2.55. The van der Waals surface area contributed by atoms with Gasteiger partial charge in [0.15, 0.2) is 5.65 Å². The summed E-state index contributed by atoms with van der Waals surface area (Å²) in [6.07, 6.45) is 10.1. The lowest BCUT2D eigenvalue weighted by Gasteiger charge is -2.23. The molecule has 3 aromatic heterocycles. The third-order valence-electron chi connectivity index (χ3n) is 3.39. The lowest BCUT2D eigenvalue weighted by Crippen LogP contribution is -2.32. The van der Waals surface area contributed by atoms with E-state index >= 15 is 0 Å². The monoisotopic (exact) mass is 240 g/mol. The van der Waals surface area contributed by atoms with Crippen molar-refractivity contribution in [2.45, 2.75) is 12.5 Å². The number of aromatic nitrogens is 5. The highest BCUT2D eigenvalue weighted by molar-refractivity contribution is 5.39. The van der Waals surface area contributed by atoms with Crippen LogP contribution in [0.4, 0.5) is 0 Å². The Bertz CT molecular complexity index is 697. The standard InChI is InChI=1S/C12H12N6/c1-2-15-12(11-8(1)16-7-17-11)9-5-13-6-10-14-3-4-18(9)10/h3-7,12,15H,1-2H2,(H,16,17). The molecule has 1 atom stereocenters. The summed E-state index contributed by atoms with van der Waals surface area (Å²) in [6, 6.07) is 0.0744. The first-order valence-corrected chi connectivity index (χ1v) is 5.96. The zero-order valence-corrected chi connectivity index (χ0v) is 9.67. The molecule has 90 valence electrons. The van der Waals surface area contributed by atoms with Gasteiger partial charge in [0, 0.05) is 37.3 Å². The van der Waals surface area contributed by atoms with Crippen LogP contribution in [0, 0.1) is 0 Å². The van der Waals surface area contributed by atoms with Crippen LogP contribution in [-0.2, 0) is 6.42 Å². The first kappa shape index (κ1) is 9.78. The smallest absolute Gasteiger partial charge is 0.155 e. The van der Waals surface area contributed by atoms with E-state index in [2.05, 4.69) is 29.7 Å². The zero-order valence-electron chi connectivity index (χ0n) is 9.67. The summed E-state index contributed by atoms with van der Waals surface area (Å²) in [6.45, 7) is 0.935. The average Bonchev–Trinajstić information content (AvgIpc) is 3.06. The van der Waals surface area contributed by atoms with Gasteiger partial charge in [-0.3, -0.25) is 9.38 Å². The summed E-state index contributed by atoms with van der Waals surface area (Å²) in [5.74, 6) is 0. The van der Waals surface area contributed by atoms with Crippen molar-refractivity contribution >= 4 is 5.65 Å². The van der Waals surface area contributed by atoms with Crippen molar-refractivity contribution in [2.75, 3.05) is 6.54 Å². The van der Waals surface area contributed by atoms with Crippen molar-refractivity contribution in [3.05, 3.63) is 48.2 Å². The van der Waals surface area contributed by atoms with E-state index in [1.54, 1.807) is 18.7 Å². The average molecular weight is 240 g/mol. The molecule has 2 N–H and O–H groups in total. The maximum absolute atomic E-state index is 4.43. The minimum Gasteiger partial charge on any atom is -0.348 e. The van der Waals surface area contributed by atoms with Gasteiger partial charge < -0.3 is 10.3 Å². The molecule has 0 fully saturated rings. The van der Waals surface area contributed by atoms with E-state index in [9.17, 15) is 0 Å². The largest absolute Gasteiger partial charge is 0.348 e. The minimum absolute atomic E-state index is 0.0744. The van der Waals surface area contributed by atoms with Crippen molar-refractivity contribution in [3.63, 3.8) is 0 Å². The molecule has 4 rings (SSSR count). The number of aromatic amines is 1. The van der Waals surface area contributed by atoms with Gasteiger partial charge in [-0.05, 0) is 0 Å². The van der Waals surface area contributed by atoms with Crippen LogP contribution in [0.25, 0.3) is 5.65 Å². The topological polar surface area (TPSA) is 70.9 Å². The molecule has 0 aromatic carbocycles. The molecule has 0 saturated heterocycles. The maximum Gasteiger partial charge on any atom is 0.155 e. The predicted octanol–water partition coefficient (Wildman–Crippen LogP) is 0.687. The highest BCUT2D eigenvalue weighted by Gasteiger charge is 2.25. The molecule has 0 bridgehead atoms. The van der Waals surface area contributed by atoms with Crippen molar-refractivity contribution < 1.29 is 0 Å². The number of nitrogens with zero attached hydrogens (tertiary/aromatic N) is 4. The quantitative estimate of drug-likeness (QED) is 0.656. The second kappa shape index (κ2) is 3.64. The second-order valence-electron chi connectivity index (χ2n) is 4.39. The third kappa shape index (κ3) is 1.29. The normalized spacial score (nSPS) is 19.0. The summed E-state index contributed by atoms with van der Waals surface area (Å²) in [7, 11) is 0. The van der Waals surface area contributed by atoms with Gasteiger partial charge >= 0.3 is 0 Å². The number of H-pyrrole nitrogens is 1. The lowest BCUT2D eigenvalue weighted by atomic mass is 10.0. The van der Waals surface area contributed by atoms with Gasteiger partial charge in [0.1, 0.15) is 0 Å². The molecule has 6 nitrogen and oxygen atoms in total. The summed E-state index contributed by atoms with van der Waals surface area (Å²) in [5, 5.41) is 3.49. The Hall–Kier alpha value is -2.21. The van der Waals surface area contributed by atoms with Crippen LogP contribution in [0.1, 0.15) is 23.1 Å². The van der Waals surface area contributed by atoms with Crippen LogP contribution in [0.15, 0.2) is 31.1 Å². The highest BCUT2D eigenvalue weighted by Crippen LogP contribution is 2.25. The van der Waals surface area contributed by atoms with Crippen molar-refractivity contribution in [1.82, 2.24) is 29.7 Å². The van der Waals surface area contributed by atoms with Crippen LogP contribution in [0.2, 0.25) is 0 Å². The van der Waals surface area contributed by atoms with Gasteiger partial charge in [-0.15, -0.1) is 0 Å². The van der Waals surface area contributed by atoms with Gasteiger partial charge in [-0.2, -0.15) is 0 Å². The number of imidazole rings is 2. The van der Waals surface area contributed by atoms with E-state index < -0.39 is 0 Å². The molecule has 6 heteroatoms. The van der Waals surface area contributed by atoms with E-state index in [-0.39, 0.29) is 6.04 Å². The number of hydrogen-bond acceptors (Lipinski definition) is 4. The molecule has 1 unspecified atom stereocenters. The fraction of sp³-hybridized carbons (Fsp3) is 0.250. The zero-order chi connectivity index (χ0) is 11.9. The number of hydrogen-bond donors (Lipinski definition) is 2. The summed E-state index contributed by atoms with van der Waals surface area (Å²) < 4.78 is 2.05. The highest BCUT2D eigenvalue weighted by atomic mass is 15.1. The number of rotatable bonds is 1. The Morgan fingerprint density at radius 2 is 2.28 bits per heavy atom. The third-order valence-corrected chi connectivity index (χ3v) is 3.39. The number of fused-ring (bicyclic) bond motifs is 2. The van der Waals surface area contributed by atoms with Crippen LogP contribution in [-0.4, -0.2) is 30.9 Å².